The first-order valence-electron chi connectivity index (χ1n) is 9.71. The summed E-state index contributed by atoms with van der Waals surface area (Å²) in [6.45, 7) is 0.431. The molecule has 0 saturated heterocycles. The number of ether oxygens (including phenoxy) is 2. The van der Waals surface area contributed by atoms with Gasteiger partial charge in [-0.2, -0.15) is 5.10 Å². The number of amides is 1. The number of hydrogen-bond acceptors (Lipinski definition) is 5. The van der Waals surface area contributed by atoms with Crippen LogP contribution in [0.4, 0.5) is 5.82 Å². The minimum atomic E-state index is -0.238. The van der Waals surface area contributed by atoms with Crippen LogP contribution < -0.4 is 14.8 Å². The maximum atomic E-state index is 12.8. The Morgan fingerprint density at radius 2 is 1.97 bits per heavy atom. The minimum absolute atomic E-state index is 0.238. The van der Waals surface area contributed by atoms with E-state index in [4.69, 9.17) is 9.47 Å². The van der Waals surface area contributed by atoms with E-state index in [9.17, 15) is 4.79 Å². The molecule has 0 fully saturated rings. The molecule has 7 heteroatoms. The lowest BCUT2D eigenvalue weighted by Gasteiger charge is -2.16. The topological polar surface area (TPSA) is 78.3 Å². The number of rotatable bonds is 6. The number of para-hydroxylation sites is 1. The third-order valence-corrected chi connectivity index (χ3v) is 5.17. The Hall–Kier alpha value is -3.35. The van der Waals surface area contributed by atoms with Crippen LogP contribution in [0.3, 0.4) is 0 Å². The van der Waals surface area contributed by atoms with Crippen molar-refractivity contribution in [1.29, 1.82) is 0 Å². The maximum absolute atomic E-state index is 12.8. The van der Waals surface area contributed by atoms with Gasteiger partial charge in [-0.1, -0.05) is 18.2 Å². The zero-order chi connectivity index (χ0) is 20.2. The van der Waals surface area contributed by atoms with E-state index < -0.39 is 0 Å². The van der Waals surface area contributed by atoms with Crippen molar-refractivity contribution in [2.24, 2.45) is 0 Å². The van der Waals surface area contributed by atoms with E-state index >= 15 is 0 Å². The molecular weight excluding hydrogens is 368 g/mol. The molecule has 0 atom stereocenters. The highest BCUT2D eigenvalue weighted by atomic mass is 16.5. The number of carbonyl (C=O) groups excluding carboxylic acids is 1. The number of hydrogen-bond donors (Lipinski definition) is 1. The summed E-state index contributed by atoms with van der Waals surface area (Å²) >= 11 is 0. The molecule has 1 N–H and O–H groups in total. The number of methoxy groups -OCH3 is 2. The fourth-order valence-electron chi connectivity index (χ4n) is 3.69. The molecular formula is C22H24N4O3. The molecule has 3 aromatic rings. The van der Waals surface area contributed by atoms with Gasteiger partial charge in [-0.15, -0.1) is 0 Å². The molecule has 1 aliphatic carbocycles. The number of nitrogens with one attached hydrogen (secondary N) is 1. The third kappa shape index (κ3) is 3.94. The first kappa shape index (κ1) is 19.0. The van der Waals surface area contributed by atoms with E-state index in [0.717, 1.165) is 30.5 Å². The van der Waals surface area contributed by atoms with Crippen LogP contribution in [0.25, 0.3) is 0 Å². The zero-order valence-electron chi connectivity index (χ0n) is 16.6. The number of benzene rings is 1. The molecule has 1 amide bonds. The minimum Gasteiger partial charge on any atom is -0.493 e. The van der Waals surface area contributed by atoms with E-state index in [0.29, 0.717) is 29.6 Å². The van der Waals surface area contributed by atoms with Gasteiger partial charge in [0.2, 0.25) is 0 Å². The van der Waals surface area contributed by atoms with Crippen molar-refractivity contribution in [1.82, 2.24) is 14.8 Å². The van der Waals surface area contributed by atoms with Gasteiger partial charge in [0.25, 0.3) is 5.91 Å². The molecule has 1 aromatic carbocycles. The van der Waals surface area contributed by atoms with Gasteiger partial charge in [0.05, 0.1) is 27.0 Å². The second-order valence-electron chi connectivity index (χ2n) is 6.99. The molecule has 0 radical (unpaired) electrons. The van der Waals surface area contributed by atoms with Crippen molar-refractivity contribution >= 4 is 11.7 Å². The van der Waals surface area contributed by atoms with E-state index in [1.807, 2.05) is 24.3 Å². The second-order valence-corrected chi connectivity index (χ2v) is 6.99. The monoisotopic (exact) mass is 392 g/mol. The first-order valence-corrected chi connectivity index (χ1v) is 9.71. The van der Waals surface area contributed by atoms with E-state index in [2.05, 4.69) is 15.4 Å². The predicted octanol–water partition coefficient (Wildman–Crippen LogP) is 3.47. The molecule has 0 unspecified atom stereocenters. The number of aromatic nitrogens is 3. The van der Waals surface area contributed by atoms with E-state index in [1.54, 1.807) is 37.2 Å². The van der Waals surface area contributed by atoms with Gasteiger partial charge in [-0.25, -0.2) is 9.67 Å². The van der Waals surface area contributed by atoms with Gasteiger partial charge < -0.3 is 14.8 Å². The highest BCUT2D eigenvalue weighted by Gasteiger charge is 2.17. The number of anilines is 1. The van der Waals surface area contributed by atoms with E-state index in [-0.39, 0.29) is 5.91 Å². The highest BCUT2D eigenvalue weighted by Crippen LogP contribution is 2.31. The summed E-state index contributed by atoms with van der Waals surface area (Å²) in [4.78, 5) is 17.3. The number of aryl methyl sites for hydroxylation is 2. The van der Waals surface area contributed by atoms with Crippen molar-refractivity contribution in [2.45, 2.75) is 32.2 Å². The van der Waals surface area contributed by atoms with Crippen LogP contribution in [-0.2, 0) is 19.4 Å². The second kappa shape index (κ2) is 8.34. The van der Waals surface area contributed by atoms with Crippen molar-refractivity contribution in [2.75, 3.05) is 19.5 Å². The van der Waals surface area contributed by atoms with Crippen LogP contribution in [0.2, 0.25) is 0 Å². The fourth-order valence-corrected chi connectivity index (χ4v) is 3.69. The number of fused-ring (bicyclic) bond motifs is 1. The summed E-state index contributed by atoms with van der Waals surface area (Å²) in [7, 11) is 3.21. The molecule has 150 valence electrons. The van der Waals surface area contributed by atoms with Crippen LogP contribution in [-0.4, -0.2) is 34.9 Å². The Morgan fingerprint density at radius 3 is 2.79 bits per heavy atom. The summed E-state index contributed by atoms with van der Waals surface area (Å²) < 4.78 is 12.6. The Balaban J connectivity index is 1.54. The summed E-state index contributed by atoms with van der Waals surface area (Å²) in [6.07, 6.45) is 5.94. The fraction of sp³-hybridized carbons (Fsp3) is 0.318. The lowest BCUT2D eigenvalue weighted by Crippen LogP contribution is -2.19. The lowest BCUT2D eigenvalue weighted by atomic mass is 9.96. The molecule has 2 heterocycles. The van der Waals surface area contributed by atoms with Crippen LogP contribution in [0, 0.1) is 0 Å². The standard InChI is InChI=1S/C22H24N4O3/c1-28-19-9-5-7-16(21(19)29-2)14-26-20(12-13-23-26)25-22(27)18-11-10-15-6-3-4-8-17(15)24-18/h5,7,9-13H,3-4,6,8,14H2,1-2H3,(H,25,27). The summed E-state index contributed by atoms with van der Waals surface area (Å²) in [6, 6.07) is 11.3. The normalized spacial score (nSPS) is 12.9. The number of nitrogens with zero attached hydrogens (tertiary/aromatic N) is 3. The Morgan fingerprint density at radius 1 is 1.10 bits per heavy atom. The van der Waals surface area contributed by atoms with Crippen molar-refractivity contribution in [3.05, 3.63) is 65.1 Å². The quantitative estimate of drug-likeness (QED) is 0.695. The maximum Gasteiger partial charge on any atom is 0.275 e. The van der Waals surface area contributed by atoms with E-state index in [1.165, 1.54) is 12.0 Å². The smallest absolute Gasteiger partial charge is 0.275 e. The SMILES string of the molecule is COc1cccc(Cn2nccc2NC(=O)c2ccc3c(n2)CCCC3)c1OC. The van der Waals surface area contributed by atoms with Gasteiger partial charge in [0, 0.05) is 17.3 Å². The average Bonchev–Trinajstić information content (AvgIpc) is 3.19. The van der Waals surface area contributed by atoms with Gasteiger partial charge in [-0.3, -0.25) is 4.79 Å². The van der Waals surface area contributed by atoms with Gasteiger partial charge >= 0.3 is 0 Å². The van der Waals surface area contributed by atoms with Crippen molar-refractivity contribution in [3.63, 3.8) is 0 Å². The number of pyridine rings is 1. The van der Waals surface area contributed by atoms with Gasteiger partial charge in [0.1, 0.15) is 11.5 Å². The average molecular weight is 392 g/mol. The molecule has 4 rings (SSSR count). The summed E-state index contributed by atoms with van der Waals surface area (Å²) in [5.41, 5.74) is 3.62. The Bertz CT molecular complexity index is 1030. The van der Waals surface area contributed by atoms with Gasteiger partial charge in [-0.05, 0) is 43.4 Å². The summed E-state index contributed by atoms with van der Waals surface area (Å²) in [5, 5.41) is 7.27. The largest absolute Gasteiger partial charge is 0.493 e. The molecule has 0 spiro atoms. The molecule has 0 bridgehead atoms. The van der Waals surface area contributed by atoms with Crippen molar-refractivity contribution in [3.8, 4) is 11.5 Å². The molecule has 29 heavy (non-hydrogen) atoms. The van der Waals surface area contributed by atoms with Crippen LogP contribution in [0.15, 0.2) is 42.6 Å². The summed E-state index contributed by atoms with van der Waals surface area (Å²) in [5.74, 6) is 1.66. The number of carbonyl (C=O) groups is 1. The Kier molecular flexibility index (Phi) is 5.46. The third-order valence-electron chi connectivity index (χ3n) is 5.17. The first-order chi connectivity index (χ1) is 14.2. The van der Waals surface area contributed by atoms with Crippen LogP contribution >= 0.6 is 0 Å². The lowest BCUT2D eigenvalue weighted by molar-refractivity contribution is 0.102. The molecule has 0 aliphatic heterocycles. The molecule has 1 aliphatic rings. The predicted molar refractivity (Wildman–Crippen MR) is 110 cm³/mol. The van der Waals surface area contributed by atoms with Gasteiger partial charge in [0.15, 0.2) is 11.5 Å². The molecule has 2 aromatic heterocycles. The zero-order valence-corrected chi connectivity index (χ0v) is 16.6. The van der Waals surface area contributed by atoms with Crippen LogP contribution in [0.5, 0.6) is 11.5 Å². The van der Waals surface area contributed by atoms with Crippen molar-refractivity contribution < 1.29 is 14.3 Å². The highest BCUT2D eigenvalue weighted by molar-refractivity contribution is 6.02. The molecule has 0 saturated carbocycles. The van der Waals surface area contributed by atoms with Crippen LogP contribution in [0.1, 0.15) is 40.2 Å². The molecule has 7 nitrogen and oxygen atoms in total. The Labute approximate surface area is 169 Å².